The zero-order valence-corrected chi connectivity index (χ0v) is 29.9. The molecule has 9 aromatic carbocycles. The maximum absolute atomic E-state index is 6.23. The number of para-hydroxylation sites is 4. The molecule has 0 aliphatic rings. The number of rotatable bonds is 6. The summed E-state index contributed by atoms with van der Waals surface area (Å²) in [5.41, 5.74) is 13.2. The molecule has 0 saturated heterocycles. The van der Waals surface area contributed by atoms with Crippen LogP contribution < -0.4 is 4.90 Å². The van der Waals surface area contributed by atoms with E-state index in [9.17, 15) is 0 Å². The molecule has 3 heteroatoms. The second-order valence-electron chi connectivity index (χ2n) is 14.1. The van der Waals surface area contributed by atoms with E-state index in [4.69, 9.17) is 4.42 Å². The van der Waals surface area contributed by atoms with E-state index in [0.29, 0.717) is 0 Å². The molecule has 0 N–H and O–H groups in total. The predicted octanol–water partition coefficient (Wildman–Crippen LogP) is 14.6. The quantitative estimate of drug-likeness (QED) is 0.172. The van der Waals surface area contributed by atoms with E-state index in [-0.39, 0.29) is 0 Å². The zero-order valence-electron chi connectivity index (χ0n) is 29.9. The van der Waals surface area contributed by atoms with E-state index >= 15 is 0 Å². The van der Waals surface area contributed by atoms with Crippen LogP contribution in [0.25, 0.3) is 82.5 Å². The van der Waals surface area contributed by atoms with Gasteiger partial charge in [-0.05, 0) is 94.2 Å². The standard InChI is InChI=1S/C52H34N2O/c1-2-15-38(16-3-1)54-49-23-10-7-19-44(49)45-31-30-40(34-50(45)54)53(39-28-25-36(26-29-39)42-21-12-14-35-13-4-5-17-41(35)42)48-22-9-6-18-43(48)37-27-32-52-47(33-37)46-20-8-11-24-51(46)55-52/h1-34H. The van der Waals surface area contributed by atoms with E-state index < -0.39 is 0 Å². The smallest absolute Gasteiger partial charge is 0.135 e. The molecule has 11 rings (SSSR count). The Hall–Kier alpha value is -7.36. The van der Waals surface area contributed by atoms with Gasteiger partial charge in [0.05, 0.1) is 16.7 Å². The number of benzene rings is 9. The number of hydrogen-bond donors (Lipinski definition) is 0. The largest absolute Gasteiger partial charge is 0.456 e. The summed E-state index contributed by atoms with van der Waals surface area (Å²) in [6, 6.07) is 74.1. The number of furan rings is 1. The molecule has 0 aliphatic carbocycles. The molecule has 55 heavy (non-hydrogen) atoms. The Morgan fingerprint density at radius 3 is 1.89 bits per heavy atom. The lowest BCUT2D eigenvalue weighted by atomic mass is 9.97. The van der Waals surface area contributed by atoms with Gasteiger partial charge in [-0.15, -0.1) is 0 Å². The first kappa shape index (κ1) is 31.2. The molecule has 2 heterocycles. The maximum Gasteiger partial charge on any atom is 0.135 e. The highest BCUT2D eigenvalue weighted by molar-refractivity contribution is 6.11. The molecule has 258 valence electrons. The van der Waals surface area contributed by atoms with E-state index in [1.807, 2.05) is 12.1 Å². The van der Waals surface area contributed by atoms with Gasteiger partial charge in [0, 0.05) is 44.2 Å². The third-order valence-electron chi connectivity index (χ3n) is 11.0. The van der Waals surface area contributed by atoms with Crippen molar-refractivity contribution in [2.45, 2.75) is 0 Å². The minimum atomic E-state index is 0.891. The lowest BCUT2D eigenvalue weighted by molar-refractivity contribution is 0.669. The summed E-state index contributed by atoms with van der Waals surface area (Å²) in [5, 5.41) is 7.19. The number of aromatic nitrogens is 1. The Kier molecular flexibility index (Phi) is 7.17. The van der Waals surface area contributed by atoms with Gasteiger partial charge in [0.25, 0.3) is 0 Å². The molecule has 0 unspecified atom stereocenters. The molecular formula is C52H34N2O. The molecule has 0 aliphatic heterocycles. The van der Waals surface area contributed by atoms with Crippen LogP contribution in [0.5, 0.6) is 0 Å². The second kappa shape index (κ2) is 12.6. The summed E-state index contributed by atoms with van der Waals surface area (Å²) in [5.74, 6) is 0. The predicted molar refractivity (Wildman–Crippen MR) is 231 cm³/mol. The third-order valence-corrected chi connectivity index (χ3v) is 11.0. The van der Waals surface area contributed by atoms with Gasteiger partial charge >= 0.3 is 0 Å². The van der Waals surface area contributed by atoms with E-state index in [1.54, 1.807) is 0 Å². The first-order chi connectivity index (χ1) is 27.3. The van der Waals surface area contributed by atoms with Crippen molar-refractivity contribution < 1.29 is 4.42 Å². The fourth-order valence-electron chi connectivity index (χ4n) is 8.45. The van der Waals surface area contributed by atoms with Crippen molar-refractivity contribution in [1.82, 2.24) is 4.57 Å². The highest BCUT2D eigenvalue weighted by atomic mass is 16.3. The lowest BCUT2D eigenvalue weighted by Gasteiger charge is -2.28. The molecule has 0 saturated carbocycles. The Morgan fingerprint density at radius 1 is 0.364 bits per heavy atom. The van der Waals surface area contributed by atoms with Gasteiger partial charge in [-0.1, -0.05) is 140 Å². The number of hydrogen-bond acceptors (Lipinski definition) is 2. The van der Waals surface area contributed by atoms with Crippen molar-refractivity contribution in [1.29, 1.82) is 0 Å². The normalized spacial score (nSPS) is 11.6. The summed E-state index contributed by atoms with van der Waals surface area (Å²) in [7, 11) is 0. The summed E-state index contributed by atoms with van der Waals surface area (Å²) in [6.45, 7) is 0. The van der Waals surface area contributed by atoms with Gasteiger partial charge in [-0.3, -0.25) is 0 Å². The Morgan fingerprint density at radius 2 is 1.00 bits per heavy atom. The van der Waals surface area contributed by atoms with Crippen molar-refractivity contribution in [3.8, 4) is 27.9 Å². The van der Waals surface area contributed by atoms with Crippen LogP contribution in [0.1, 0.15) is 0 Å². The fourth-order valence-corrected chi connectivity index (χ4v) is 8.45. The second-order valence-corrected chi connectivity index (χ2v) is 14.1. The minimum absolute atomic E-state index is 0.891. The Balaban J connectivity index is 1.14. The summed E-state index contributed by atoms with van der Waals surface area (Å²) in [4.78, 5) is 2.41. The van der Waals surface area contributed by atoms with E-state index in [1.165, 1.54) is 38.2 Å². The van der Waals surface area contributed by atoms with Gasteiger partial charge in [0.2, 0.25) is 0 Å². The number of fused-ring (bicyclic) bond motifs is 7. The highest BCUT2D eigenvalue weighted by Crippen LogP contribution is 2.45. The molecule has 0 amide bonds. The first-order valence-electron chi connectivity index (χ1n) is 18.8. The van der Waals surface area contributed by atoms with Gasteiger partial charge in [-0.2, -0.15) is 0 Å². The molecule has 0 fully saturated rings. The van der Waals surface area contributed by atoms with Gasteiger partial charge in [0.1, 0.15) is 11.2 Å². The number of nitrogens with zero attached hydrogens (tertiary/aromatic N) is 2. The van der Waals surface area contributed by atoms with Crippen molar-refractivity contribution >= 4 is 71.6 Å². The van der Waals surface area contributed by atoms with Crippen molar-refractivity contribution in [3.63, 3.8) is 0 Å². The van der Waals surface area contributed by atoms with Crippen LogP contribution in [0.15, 0.2) is 211 Å². The molecule has 0 spiro atoms. The average molecular weight is 703 g/mol. The van der Waals surface area contributed by atoms with Crippen molar-refractivity contribution in [3.05, 3.63) is 206 Å². The minimum Gasteiger partial charge on any atom is -0.456 e. The van der Waals surface area contributed by atoms with Crippen LogP contribution in [0, 0.1) is 0 Å². The summed E-state index contributed by atoms with van der Waals surface area (Å²) >= 11 is 0. The lowest BCUT2D eigenvalue weighted by Crippen LogP contribution is -2.11. The van der Waals surface area contributed by atoms with Crippen LogP contribution >= 0.6 is 0 Å². The fraction of sp³-hybridized carbons (Fsp3) is 0. The molecule has 0 atom stereocenters. The maximum atomic E-state index is 6.23. The van der Waals surface area contributed by atoms with Crippen LogP contribution in [-0.4, -0.2) is 4.57 Å². The molecule has 2 aromatic heterocycles. The summed E-state index contributed by atoms with van der Waals surface area (Å²) in [6.07, 6.45) is 0. The van der Waals surface area contributed by atoms with Crippen molar-refractivity contribution in [2.24, 2.45) is 0 Å². The first-order valence-corrected chi connectivity index (χ1v) is 18.8. The van der Waals surface area contributed by atoms with E-state index in [2.05, 4.69) is 204 Å². The van der Waals surface area contributed by atoms with Crippen molar-refractivity contribution in [2.75, 3.05) is 4.90 Å². The van der Waals surface area contributed by atoms with Crippen LogP contribution in [-0.2, 0) is 0 Å². The third kappa shape index (κ3) is 5.13. The van der Waals surface area contributed by atoms with E-state index in [0.717, 1.165) is 61.3 Å². The molecule has 0 bridgehead atoms. The number of anilines is 3. The van der Waals surface area contributed by atoms with Crippen LogP contribution in [0.3, 0.4) is 0 Å². The molecule has 3 nitrogen and oxygen atoms in total. The Bertz CT molecular complexity index is 3200. The topological polar surface area (TPSA) is 21.3 Å². The summed E-state index contributed by atoms with van der Waals surface area (Å²) < 4.78 is 8.62. The average Bonchev–Trinajstić information content (AvgIpc) is 3.79. The van der Waals surface area contributed by atoms with Crippen LogP contribution in [0.2, 0.25) is 0 Å². The van der Waals surface area contributed by atoms with Gasteiger partial charge in [0.15, 0.2) is 0 Å². The monoisotopic (exact) mass is 702 g/mol. The molecular weight excluding hydrogens is 669 g/mol. The Labute approximate surface area is 318 Å². The van der Waals surface area contributed by atoms with Crippen LogP contribution in [0.4, 0.5) is 17.1 Å². The highest BCUT2D eigenvalue weighted by Gasteiger charge is 2.21. The molecule has 11 aromatic rings. The molecule has 0 radical (unpaired) electrons. The zero-order chi connectivity index (χ0) is 36.3. The van der Waals surface area contributed by atoms with Gasteiger partial charge in [-0.25, -0.2) is 0 Å². The van der Waals surface area contributed by atoms with Gasteiger partial charge < -0.3 is 13.9 Å². The SMILES string of the molecule is c1ccc(-n2c3ccccc3c3ccc(N(c4ccc(-c5cccc6ccccc56)cc4)c4ccccc4-c4ccc5oc6ccccc6c5c4)cc32)cc1.